The second-order valence-electron chi connectivity index (χ2n) is 6.21. The molecule has 3 rings (SSSR count). The van der Waals surface area contributed by atoms with Crippen molar-refractivity contribution in [2.75, 3.05) is 32.8 Å². The Hall–Kier alpha value is -1.44. The molecule has 1 aromatic rings. The van der Waals surface area contributed by atoms with Gasteiger partial charge >= 0.3 is 0 Å². The van der Waals surface area contributed by atoms with Crippen LogP contribution in [0.1, 0.15) is 25.3 Å². The number of nitrogens with zero attached hydrogens (tertiary/aromatic N) is 2. The molecule has 2 fully saturated rings. The maximum absolute atomic E-state index is 13.0. The molecule has 0 aliphatic carbocycles. The lowest BCUT2D eigenvalue weighted by Crippen LogP contribution is -2.50. The number of benzene rings is 1. The van der Waals surface area contributed by atoms with Crippen LogP contribution in [0.4, 0.5) is 0 Å². The number of ether oxygens (including phenoxy) is 1. The first-order chi connectivity index (χ1) is 11.5. The molecule has 2 aliphatic rings. The lowest BCUT2D eigenvalue weighted by molar-refractivity contribution is -0.138. The molecular formula is C17H24N2O4S. The minimum Gasteiger partial charge on any atom is -0.378 e. The van der Waals surface area contributed by atoms with Gasteiger partial charge in [-0.1, -0.05) is 19.1 Å². The highest BCUT2D eigenvalue weighted by molar-refractivity contribution is 7.89. The molecule has 2 saturated heterocycles. The Morgan fingerprint density at radius 2 is 1.83 bits per heavy atom. The summed E-state index contributed by atoms with van der Waals surface area (Å²) in [6.07, 6.45) is 2.16. The fourth-order valence-corrected chi connectivity index (χ4v) is 4.95. The van der Waals surface area contributed by atoms with E-state index < -0.39 is 16.1 Å². The quantitative estimate of drug-likeness (QED) is 0.818. The molecule has 0 unspecified atom stereocenters. The Morgan fingerprint density at radius 3 is 2.46 bits per heavy atom. The van der Waals surface area contributed by atoms with E-state index in [9.17, 15) is 13.2 Å². The van der Waals surface area contributed by atoms with Gasteiger partial charge in [0.2, 0.25) is 15.9 Å². The predicted molar refractivity (Wildman–Crippen MR) is 90.1 cm³/mol. The summed E-state index contributed by atoms with van der Waals surface area (Å²) in [5.74, 6) is -0.0930. The third-order valence-corrected chi connectivity index (χ3v) is 6.67. The summed E-state index contributed by atoms with van der Waals surface area (Å²) in [7, 11) is -3.64. The van der Waals surface area contributed by atoms with Crippen molar-refractivity contribution in [2.45, 2.75) is 37.1 Å². The monoisotopic (exact) mass is 352 g/mol. The largest absolute Gasteiger partial charge is 0.378 e. The Bertz CT molecular complexity index is 681. The van der Waals surface area contributed by atoms with E-state index in [1.54, 1.807) is 17.0 Å². The predicted octanol–water partition coefficient (Wildman–Crippen LogP) is 1.26. The van der Waals surface area contributed by atoms with Gasteiger partial charge in [0.25, 0.3) is 0 Å². The molecular weight excluding hydrogens is 328 g/mol. The Morgan fingerprint density at radius 1 is 1.17 bits per heavy atom. The summed E-state index contributed by atoms with van der Waals surface area (Å²) in [4.78, 5) is 14.7. The molecule has 24 heavy (non-hydrogen) atoms. The van der Waals surface area contributed by atoms with E-state index in [0.717, 1.165) is 12.0 Å². The van der Waals surface area contributed by atoms with Gasteiger partial charge in [0.15, 0.2) is 0 Å². The van der Waals surface area contributed by atoms with Gasteiger partial charge in [-0.3, -0.25) is 4.79 Å². The number of sulfonamides is 1. The Balaban J connectivity index is 1.81. The van der Waals surface area contributed by atoms with Gasteiger partial charge in [-0.05, 0) is 37.0 Å². The third kappa shape index (κ3) is 3.34. The summed E-state index contributed by atoms with van der Waals surface area (Å²) in [5.41, 5.74) is 1.09. The number of hydrogen-bond acceptors (Lipinski definition) is 4. The zero-order valence-corrected chi connectivity index (χ0v) is 14.8. The van der Waals surface area contributed by atoms with Crippen LogP contribution in [0.15, 0.2) is 29.2 Å². The molecule has 132 valence electrons. The van der Waals surface area contributed by atoms with Crippen LogP contribution in [0.5, 0.6) is 0 Å². The second kappa shape index (κ2) is 7.21. The average molecular weight is 352 g/mol. The van der Waals surface area contributed by atoms with Crippen molar-refractivity contribution in [1.82, 2.24) is 9.21 Å². The lowest BCUT2D eigenvalue weighted by atomic mass is 10.2. The van der Waals surface area contributed by atoms with Gasteiger partial charge < -0.3 is 9.64 Å². The molecule has 0 radical (unpaired) electrons. The van der Waals surface area contributed by atoms with Gasteiger partial charge in [0.05, 0.1) is 18.1 Å². The maximum atomic E-state index is 13.0. The Labute approximate surface area is 143 Å². The maximum Gasteiger partial charge on any atom is 0.243 e. The highest BCUT2D eigenvalue weighted by Gasteiger charge is 2.41. The van der Waals surface area contributed by atoms with Crippen molar-refractivity contribution in [3.05, 3.63) is 29.8 Å². The Kier molecular flexibility index (Phi) is 5.22. The summed E-state index contributed by atoms with van der Waals surface area (Å²) in [5, 5.41) is 0. The highest BCUT2D eigenvalue weighted by Crippen LogP contribution is 2.27. The molecule has 1 amide bonds. The number of hydrogen-bond donors (Lipinski definition) is 0. The first-order valence-electron chi connectivity index (χ1n) is 8.51. The topological polar surface area (TPSA) is 66.9 Å². The van der Waals surface area contributed by atoms with E-state index in [-0.39, 0.29) is 10.8 Å². The second-order valence-corrected chi connectivity index (χ2v) is 8.10. The standard InChI is InChI=1S/C17H24N2O4S/c1-2-14-5-7-15(8-6-14)24(21,22)19-9-3-4-16(19)17(20)18-10-12-23-13-11-18/h5-8,16H,2-4,9-13H2,1H3/t16-/m0/s1. The van der Waals surface area contributed by atoms with Gasteiger partial charge in [-0.2, -0.15) is 4.31 Å². The molecule has 0 bridgehead atoms. The molecule has 1 aromatic carbocycles. The molecule has 0 saturated carbocycles. The van der Waals surface area contributed by atoms with E-state index in [1.165, 1.54) is 4.31 Å². The van der Waals surface area contributed by atoms with Crippen LogP contribution < -0.4 is 0 Å². The SMILES string of the molecule is CCc1ccc(S(=O)(=O)N2CCC[C@H]2C(=O)N2CCOCC2)cc1. The minimum atomic E-state index is -3.64. The molecule has 0 aromatic heterocycles. The van der Waals surface area contributed by atoms with Gasteiger partial charge in [0, 0.05) is 19.6 Å². The molecule has 6 nitrogen and oxygen atoms in total. The van der Waals surface area contributed by atoms with Gasteiger partial charge in [0.1, 0.15) is 6.04 Å². The van der Waals surface area contributed by atoms with Crippen LogP contribution in [0.25, 0.3) is 0 Å². The molecule has 2 aliphatic heterocycles. The van der Waals surface area contributed by atoms with Crippen molar-refractivity contribution >= 4 is 15.9 Å². The van der Waals surface area contributed by atoms with E-state index in [2.05, 4.69) is 0 Å². The van der Waals surface area contributed by atoms with Crippen LogP contribution in [-0.4, -0.2) is 62.4 Å². The minimum absolute atomic E-state index is 0.0930. The molecule has 2 heterocycles. The number of carbonyl (C=O) groups excluding carboxylic acids is 1. The molecule has 7 heteroatoms. The normalized spacial score (nSPS) is 22.7. The lowest BCUT2D eigenvalue weighted by Gasteiger charge is -2.32. The van der Waals surface area contributed by atoms with Crippen molar-refractivity contribution in [3.8, 4) is 0 Å². The van der Waals surface area contributed by atoms with Gasteiger partial charge in [-0.25, -0.2) is 8.42 Å². The van der Waals surface area contributed by atoms with Crippen molar-refractivity contribution in [1.29, 1.82) is 0 Å². The zero-order chi connectivity index (χ0) is 17.2. The fraction of sp³-hybridized carbons (Fsp3) is 0.588. The van der Waals surface area contributed by atoms with Crippen LogP contribution in [0.3, 0.4) is 0 Å². The van der Waals surface area contributed by atoms with E-state index in [1.807, 2.05) is 19.1 Å². The van der Waals surface area contributed by atoms with Crippen molar-refractivity contribution in [2.24, 2.45) is 0 Å². The van der Waals surface area contributed by atoms with Crippen LogP contribution in [-0.2, 0) is 26.0 Å². The van der Waals surface area contributed by atoms with Crippen LogP contribution in [0.2, 0.25) is 0 Å². The molecule has 1 atom stereocenters. The number of aryl methyl sites for hydroxylation is 1. The average Bonchev–Trinajstić information content (AvgIpc) is 3.12. The summed E-state index contributed by atoms with van der Waals surface area (Å²) in [6.45, 7) is 4.54. The van der Waals surface area contributed by atoms with Crippen LogP contribution >= 0.6 is 0 Å². The fourth-order valence-electron chi connectivity index (χ4n) is 3.30. The van der Waals surface area contributed by atoms with Crippen molar-refractivity contribution in [3.63, 3.8) is 0 Å². The zero-order valence-electron chi connectivity index (χ0n) is 14.0. The van der Waals surface area contributed by atoms with E-state index in [4.69, 9.17) is 4.74 Å². The third-order valence-electron chi connectivity index (χ3n) is 4.75. The van der Waals surface area contributed by atoms with Crippen molar-refractivity contribution < 1.29 is 17.9 Å². The highest BCUT2D eigenvalue weighted by atomic mass is 32.2. The summed E-state index contributed by atoms with van der Waals surface area (Å²) < 4.78 is 32.6. The van der Waals surface area contributed by atoms with Crippen LogP contribution in [0, 0.1) is 0 Å². The number of morpholine rings is 1. The summed E-state index contributed by atoms with van der Waals surface area (Å²) >= 11 is 0. The number of rotatable bonds is 4. The molecule has 0 N–H and O–H groups in total. The van der Waals surface area contributed by atoms with E-state index >= 15 is 0 Å². The first-order valence-corrected chi connectivity index (χ1v) is 9.95. The molecule has 0 spiro atoms. The smallest absolute Gasteiger partial charge is 0.243 e. The van der Waals surface area contributed by atoms with E-state index in [0.29, 0.717) is 45.7 Å². The number of amides is 1. The first kappa shape index (κ1) is 17.4. The van der Waals surface area contributed by atoms with Gasteiger partial charge in [-0.15, -0.1) is 0 Å². The summed E-state index contributed by atoms with van der Waals surface area (Å²) in [6, 6.07) is 6.37. The number of carbonyl (C=O) groups is 1.